The molecule has 0 aliphatic carbocycles. The number of aromatic amines is 1. The van der Waals surface area contributed by atoms with Gasteiger partial charge in [-0.15, -0.1) is 0 Å². The Morgan fingerprint density at radius 2 is 2.00 bits per heavy atom. The summed E-state index contributed by atoms with van der Waals surface area (Å²) in [5.74, 6) is 1.01. The number of nitrogens with zero attached hydrogens (tertiary/aromatic N) is 2. The van der Waals surface area contributed by atoms with Gasteiger partial charge in [-0.3, -0.25) is 9.69 Å². The van der Waals surface area contributed by atoms with Crippen LogP contribution in [0.1, 0.15) is 30.4 Å². The number of likely N-dealkylation sites (tertiary alicyclic amines) is 1. The van der Waals surface area contributed by atoms with Crippen LogP contribution in [0.25, 0.3) is 10.9 Å². The van der Waals surface area contributed by atoms with Crippen molar-refractivity contribution in [2.24, 2.45) is 5.41 Å². The van der Waals surface area contributed by atoms with Gasteiger partial charge in [-0.25, -0.2) is 0 Å². The zero-order valence-electron chi connectivity index (χ0n) is 20.4. The van der Waals surface area contributed by atoms with Gasteiger partial charge in [0.2, 0.25) is 5.91 Å². The first-order valence-corrected chi connectivity index (χ1v) is 12.9. The maximum Gasteiger partial charge on any atom is 0.223 e. The third-order valence-corrected chi connectivity index (χ3v) is 7.75. The van der Waals surface area contributed by atoms with E-state index >= 15 is 0 Å². The Hall–Kier alpha value is -2.54. The number of aryl methyl sites for hydroxylation is 1. The van der Waals surface area contributed by atoms with E-state index in [1.165, 1.54) is 10.9 Å². The van der Waals surface area contributed by atoms with Crippen molar-refractivity contribution in [1.82, 2.24) is 14.8 Å². The van der Waals surface area contributed by atoms with E-state index in [4.69, 9.17) is 21.1 Å². The fraction of sp³-hybridized carbons (Fsp3) is 0.464. The number of morpholine rings is 1. The Balaban J connectivity index is 1.33. The SMILES string of the molecule is Cc1cc(OC[C@]2(CC(=O)N3CCOCC3)CCCN(Cc3ccc4cc[nH]c4c3)C2)ccc1Cl. The number of carbonyl (C=O) groups excluding carboxylic acids is 1. The Morgan fingerprint density at radius 1 is 1.14 bits per heavy atom. The average molecular weight is 496 g/mol. The molecule has 1 N–H and O–H groups in total. The van der Waals surface area contributed by atoms with Gasteiger partial charge in [-0.2, -0.15) is 0 Å². The molecular formula is C28H34ClN3O3. The predicted octanol–water partition coefficient (Wildman–Crippen LogP) is 5.04. The molecule has 2 saturated heterocycles. The van der Waals surface area contributed by atoms with E-state index in [0.29, 0.717) is 39.3 Å². The van der Waals surface area contributed by atoms with Crippen molar-refractivity contribution in [3.8, 4) is 5.75 Å². The Labute approximate surface area is 212 Å². The van der Waals surface area contributed by atoms with Gasteiger partial charge in [0.05, 0.1) is 19.8 Å². The van der Waals surface area contributed by atoms with Crippen LogP contribution in [0.5, 0.6) is 5.75 Å². The van der Waals surface area contributed by atoms with Crippen molar-refractivity contribution in [1.29, 1.82) is 0 Å². The number of amides is 1. The molecule has 6 nitrogen and oxygen atoms in total. The van der Waals surface area contributed by atoms with Crippen LogP contribution in [0.3, 0.4) is 0 Å². The fourth-order valence-electron chi connectivity index (χ4n) is 5.40. The van der Waals surface area contributed by atoms with Crippen molar-refractivity contribution >= 4 is 28.4 Å². The Bertz CT molecular complexity index is 1170. The molecule has 0 unspecified atom stereocenters. The van der Waals surface area contributed by atoms with Crippen LogP contribution in [0.4, 0.5) is 0 Å². The molecule has 0 spiro atoms. The van der Waals surface area contributed by atoms with E-state index in [-0.39, 0.29) is 11.3 Å². The molecule has 1 atom stereocenters. The van der Waals surface area contributed by atoms with E-state index in [0.717, 1.165) is 54.3 Å². The second kappa shape index (κ2) is 10.6. The largest absolute Gasteiger partial charge is 0.493 e. The summed E-state index contributed by atoms with van der Waals surface area (Å²) in [7, 11) is 0. The van der Waals surface area contributed by atoms with Gasteiger partial charge < -0.3 is 19.4 Å². The first-order valence-electron chi connectivity index (χ1n) is 12.5. The second-order valence-corrected chi connectivity index (χ2v) is 10.5. The molecule has 3 aromatic rings. The summed E-state index contributed by atoms with van der Waals surface area (Å²) in [4.78, 5) is 21.1. The van der Waals surface area contributed by atoms with Gasteiger partial charge in [0.1, 0.15) is 5.75 Å². The number of nitrogens with one attached hydrogen (secondary N) is 1. The number of aromatic nitrogens is 1. The lowest BCUT2D eigenvalue weighted by Crippen LogP contribution is -2.50. The normalized spacial score (nSPS) is 21.4. The molecular weight excluding hydrogens is 462 g/mol. The number of piperidine rings is 1. The first-order chi connectivity index (χ1) is 17.0. The van der Waals surface area contributed by atoms with E-state index in [9.17, 15) is 4.79 Å². The molecule has 0 saturated carbocycles. The Morgan fingerprint density at radius 3 is 2.83 bits per heavy atom. The maximum atomic E-state index is 13.3. The molecule has 5 rings (SSSR count). The molecule has 1 amide bonds. The molecule has 0 radical (unpaired) electrons. The average Bonchev–Trinajstić information content (AvgIpc) is 3.33. The lowest BCUT2D eigenvalue weighted by atomic mass is 9.77. The minimum absolute atomic E-state index is 0.207. The van der Waals surface area contributed by atoms with Gasteiger partial charge in [0.15, 0.2) is 0 Å². The van der Waals surface area contributed by atoms with Crippen molar-refractivity contribution in [2.45, 2.75) is 32.7 Å². The first kappa shape index (κ1) is 24.2. The topological polar surface area (TPSA) is 57.8 Å². The third kappa shape index (κ3) is 5.83. The van der Waals surface area contributed by atoms with Crippen LogP contribution in [0, 0.1) is 12.3 Å². The van der Waals surface area contributed by atoms with Crippen molar-refractivity contribution in [2.75, 3.05) is 46.0 Å². The van der Waals surface area contributed by atoms with Crippen LogP contribution >= 0.6 is 11.6 Å². The molecule has 35 heavy (non-hydrogen) atoms. The number of ether oxygens (including phenoxy) is 2. The van der Waals surface area contributed by atoms with E-state index in [2.05, 4.69) is 34.1 Å². The summed E-state index contributed by atoms with van der Waals surface area (Å²) in [6, 6.07) is 14.5. The van der Waals surface area contributed by atoms with Gasteiger partial charge in [0, 0.05) is 54.8 Å². The smallest absolute Gasteiger partial charge is 0.223 e. The predicted molar refractivity (Wildman–Crippen MR) is 139 cm³/mol. The number of hydrogen-bond acceptors (Lipinski definition) is 4. The van der Waals surface area contributed by atoms with Crippen LogP contribution in [-0.4, -0.2) is 66.7 Å². The highest BCUT2D eigenvalue weighted by Gasteiger charge is 2.39. The molecule has 3 heterocycles. The highest BCUT2D eigenvalue weighted by molar-refractivity contribution is 6.31. The number of benzene rings is 2. The summed E-state index contributed by atoms with van der Waals surface area (Å²) in [6.45, 7) is 7.79. The number of carbonyl (C=O) groups is 1. The van der Waals surface area contributed by atoms with Gasteiger partial charge >= 0.3 is 0 Å². The van der Waals surface area contributed by atoms with Crippen LogP contribution in [0.2, 0.25) is 5.02 Å². The minimum Gasteiger partial charge on any atom is -0.493 e. The number of H-pyrrole nitrogens is 1. The molecule has 2 aromatic carbocycles. The summed E-state index contributed by atoms with van der Waals surface area (Å²) in [6.07, 6.45) is 4.49. The van der Waals surface area contributed by atoms with E-state index in [1.54, 1.807) is 0 Å². The monoisotopic (exact) mass is 495 g/mol. The number of rotatable bonds is 7. The molecule has 186 valence electrons. The lowest BCUT2D eigenvalue weighted by Gasteiger charge is -2.43. The summed E-state index contributed by atoms with van der Waals surface area (Å²) >= 11 is 6.21. The molecule has 2 fully saturated rings. The zero-order valence-corrected chi connectivity index (χ0v) is 21.2. The summed E-state index contributed by atoms with van der Waals surface area (Å²) < 4.78 is 11.8. The molecule has 7 heteroatoms. The minimum atomic E-state index is -0.238. The molecule has 2 aliphatic heterocycles. The van der Waals surface area contributed by atoms with Gasteiger partial charge in [-0.1, -0.05) is 23.7 Å². The van der Waals surface area contributed by atoms with Crippen LogP contribution in [0.15, 0.2) is 48.7 Å². The van der Waals surface area contributed by atoms with Crippen molar-refractivity contribution < 1.29 is 14.3 Å². The van der Waals surface area contributed by atoms with Crippen LogP contribution < -0.4 is 4.74 Å². The standard InChI is InChI=1S/C28H34ClN3O3/c1-21-15-24(5-6-25(21)29)35-20-28(17-27(33)32-11-13-34-14-12-32)8-2-10-31(19-28)18-22-3-4-23-7-9-30-26(23)16-22/h3-7,9,15-16,30H,2,8,10-14,17-20H2,1H3/t28-/m0/s1. The quantitative estimate of drug-likeness (QED) is 0.499. The van der Waals surface area contributed by atoms with Crippen molar-refractivity contribution in [3.05, 3.63) is 64.8 Å². The maximum absolute atomic E-state index is 13.3. The van der Waals surface area contributed by atoms with Crippen LogP contribution in [-0.2, 0) is 16.1 Å². The molecule has 0 bridgehead atoms. The lowest BCUT2D eigenvalue weighted by molar-refractivity contribution is -0.139. The number of hydrogen-bond donors (Lipinski definition) is 1. The molecule has 2 aliphatic rings. The summed E-state index contributed by atoms with van der Waals surface area (Å²) in [5.41, 5.74) is 3.20. The second-order valence-electron chi connectivity index (χ2n) is 10.1. The fourth-order valence-corrected chi connectivity index (χ4v) is 5.52. The van der Waals surface area contributed by atoms with Gasteiger partial charge in [-0.05, 0) is 73.2 Å². The summed E-state index contributed by atoms with van der Waals surface area (Å²) in [5, 5.41) is 1.96. The van der Waals surface area contributed by atoms with Gasteiger partial charge in [0.25, 0.3) is 0 Å². The molecule has 1 aromatic heterocycles. The zero-order chi connectivity index (χ0) is 24.3. The highest BCUT2D eigenvalue weighted by atomic mass is 35.5. The van der Waals surface area contributed by atoms with Crippen molar-refractivity contribution in [3.63, 3.8) is 0 Å². The number of fused-ring (bicyclic) bond motifs is 1. The van der Waals surface area contributed by atoms with E-state index in [1.807, 2.05) is 36.2 Å². The number of halogens is 1. The third-order valence-electron chi connectivity index (χ3n) is 7.33. The van der Waals surface area contributed by atoms with E-state index < -0.39 is 0 Å². The Kier molecular flexibility index (Phi) is 7.32. The highest BCUT2D eigenvalue weighted by Crippen LogP contribution is 2.36.